The first-order valence-electron chi connectivity index (χ1n) is 5.99. The quantitative estimate of drug-likeness (QED) is 0.775. The van der Waals surface area contributed by atoms with E-state index >= 15 is 0 Å². The number of methoxy groups -OCH3 is 2. The molecule has 0 saturated heterocycles. The number of ether oxygens (including phenoxy) is 2. The highest BCUT2D eigenvalue weighted by molar-refractivity contribution is 5.77. The first kappa shape index (κ1) is 13.1. The van der Waals surface area contributed by atoms with Gasteiger partial charge >= 0.3 is 0 Å². The second-order valence-electron chi connectivity index (χ2n) is 3.95. The Morgan fingerprint density at radius 3 is 2.58 bits per heavy atom. The monoisotopic (exact) mass is 260 g/mol. The van der Waals surface area contributed by atoms with Crippen molar-refractivity contribution in [3.05, 3.63) is 30.0 Å². The number of nitrogens with zero attached hydrogens (tertiary/aromatic N) is 2. The topological polar surface area (TPSA) is 53.4 Å². The molecule has 0 radical (unpaired) electrons. The van der Waals surface area contributed by atoms with Crippen molar-refractivity contribution in [3.63, 3.8) is 0 Å². The lowest BCUT2D eigenvalue weighted by atomic mass is 10.1. The summed E-state index contributed by atoms with van der Waals surface area (Å²) in [6, 6.07) is 7.25. The first-order chi connectivity index (χ1) is 9.23. The van der Waals surface area contributed by atoms with Crippen molar-refractivity contribution in [1.29, 1.82) is 0 Å². The Morgan fingerprint density at radius 2 is 2.05 bits per heavy atom. The molecule has 1 aromatic heterocycles. The maximum atomic E-state index is 11.0. The average molecular weight is 260 g/mol. The van der Waals surface area contributed by atoms with Gasteiger partial charge in [0.25, 0.3) is 0 Å². The number of hydrogen-bond acceptors (Lipinski definition) is 4. The molecule has 19 heavy (non-hydrogen) atoms. The molecule has 0 atom stereocenters. The van der Waals surface area contributed by atoms with Gasteiger partial charge in [-0.15, -0.1) is 0 Å². The third kappa shape index (κ3) is 2.45. The smallest absolute Gasteiger partial charge is 0.168 e. The Hall–Kier alpha value is -2.30. The highest BCUT2D eigenvalue weighted by atomic mass is 16.5. The molecule has 0 bridgehead atoms. The van der Waals surface area contributed by atoms with E-state index in [1.54, 1.807) is 31.0 Å². The lowest BCUT2D eigenvalue weighted by molar-refractivity contribution is 0.111. The molecule has 100 valence electrons. The second kappa shape index (κ2) is 5.56. The fourth-order valence-corrected chi connectivity index (χ4v) is 1.92. The minimum Gasteiger partial charge on any atom is -0.497 e. The summed E-state index contributed by atoms with van der Waals surface area (Å²) in [5.41, 5.74) is 2.09. The summed E-state index contributed by atoms with van der Waals surface area (Å²) < 4.78 is 12.2. The summed E-state index contributed by atoms with van der Waals surface area (Å²) in [4.78, 5) is 11.0. The van der Waals surface area contributed by atoms with Gasteiger partial charge in [-0.3, -0.25) is 9.48 Å². The lowest BCUT2D eigenvalue weighted by Gasteiger charge is -2.08. The number of rotatable bonds is 5. The number of carbonyl (C=O) groups excluding carboxylic acids is 1. The highest BCUT2D eigenvalue weighted by Crippen LogP contribution is 2.32. The Balaban J connectivity index is 2.51. The number of carbonyl (C=O) groups is 1. The van der Waals surface area contributed by atoms with Crippen molar-refractivity contribution in [1.82, 2.24) is 9.78 Å². The van der Waals surface area contributed by atoms with Crippen molar-refractivity contribution in [2.45, 2.75) is 13.5 Å². The van der Waals surface area contributed by atoms with Gasteiger partial charge in [0.15, 0.2) is 6.29 Å². The zero-order chi connectivity index (χ0) is 13.8. The third-order valence-corrected chi connectivity index (χ3v) is 2.92. The van der Waals surface area contributed by atoms with Crippen LogP contribution in [0.5, 0.6) is 11.5 Å². The maximum Gasteiger partial charge on any atom is 0.168 e. The van der Waals surface area contributed by atoms with E-state index < -0.39 is 0 Å². The lowest BCUT2D eigenvalue weighted by Crippen LogP contribution is -2.01. The van der Waals surface area contributed by atoms with Crippen molar-refractivity contribution in [2.24, 2.45) is 0 Å². The van der Waals surface area contributed by atoms with Crippen LogP contribution in [0.4, 0.5) is 0 Å². The average Bonchev–Trinajstić information content (AvgIpc) is 2.89. The van der Waals surface area contributed by atoms with Crippen LogP contribution in [0.2, 0.25) is 0 Å². The number of hydrogen-bond donors (Lipinski definition) is 0. The molecule has 1 heterocycles. The minimum atomic E-state index is 0.551. The normalized spacial score (nSPS) is 10.3. The molecule has 1 aromatic carbocycles. The van der Waals surface area contributed by atoms with E-state index in [0.717, 1.165) is 11.8 Å². The Bertz CT molecular complexity index is 590. The van der Waals surface area contributed by atoms with E-state index in [0.29, 0.717) is 29.4 Å². The molecule has 0 aliphatic heterocycles. The van der Waals surface area contributed by atoms with Crippen LogP contribution in [0, 0.1) is 0 Å². The standard InChI is InChI=1S/C14H16N2O3/c1-4-16-10(9-17)7-13(15-16)12-6-5-11(18-2)8-14(12)19-3/h5-9H,4H2,1-3H3. The van der Waals surface area contributed by atoms with Crippen molar-refractivity contribution >= 4 is 6.29 Å². The summed E-state index contributed by atoms with van der Waals surface area (Å²) in [5, 5.41) is 4.40. The predicted molar refractivity (Wildman–Crippen MR) is 71.8 cm³/mol. The van der Waals surface area contributed by atoms with Crippen LogP contribution >= 0.6 is 0 Å². The number of aldehydes is 1. The van der Waals surface area contributed by atoms with Crippen LogP contribution in [-0.4, -0.2) is 30.3 Å². The van der Waals surface area contributed by atoms with Gasteiger partial charge in [-0.05, 0) is 25.1 Å². The molecule has 0 N–H and O–H groups in total. The van der Waals surface area contributed by atoms with E-state index in [2.05, 4.69) is 5.10 Å². The molecule has 0 spiro atoms. The van der Waals surface area contributed by atoms with Gasteiger partial charge in [0.1, 0.15) is 17.2 Å². The zero-order valence-corrected chi connectivity index (χ0v) is 11.2. The van der Waals surface area contributed by atoms with Gasteiger partial charge < -0.3 is 9.47 Å². The van der Waals surface area contributed by atoms with Crippen molar-refractivity contribution < 1.29 is 14.3 Å². The van der Waals surface area contributed by atoms with Gasteiger partial charge in [-0.25, -0.2) is 0 Å². The van der Waals surface area contributed by atoms with Gasteiger partial charge in [0.05, 0.1) is 19.9 Å². The molecule has 5 heteroatoms. The SMILES string of the molecule is CCn1nc(-c2ccc(OC)cc2OC)cc1C=O. The number of aryl methyl sites for hydroxylation is 1. The van der Waals surface area contributed by atoms with Crippen LogP contribution < -0.4 is 9.47 Å². The van der Waals surface area contributed by atoms with E-state index in [9.17, 15) is 4.79 Å². The molecule has 0 aliphatic rings. The van der Waals surface area contributed by atoms with Gasteiger partial charge in [-0.2, -0.15) is 5.10 Å². The first-order valence-corrected chi connectivity index (χ1v) is 5.99. The highest BCUT2D eigenvalue weighted by Gasteiger charge is 2.13. The van der Waals surface area contributed by atoms with Crippen LogP contribution in [0.25, 0.3) is 11.3 Å². The molecule has 0 unspecified atom stereocenters. The maximum absolute atomic E-state index is 11.0. The predicted octanol–water partition coefficient (Wildman–Crippen LogP) is 2.40. The van der Waals surface area contributed by atoms with E-state index in [4.69, 9.17) is 9.47 Å². The molecule has 2 aromatic rings. The van der Waals surface area contributed by atoms with Crippen molar-refractivity contribution in [2.75, 3.05) is 14.2 Å². The fraction of sp³-hybridized carbons (Fsp3) is 0.286. The molecular weight excluding hydrogens is 244 g/mol. The second-order valence-corrected chi connectivity index (χ2v) is 3.95. The van der Waals surface area contributed by atoms with Crippen LogP contribution in [0.3, 0.4) is 0 Å². The summed E-state index contributed by atoms with van der Waals surface area (Å²) >= 11 is 0. The molecule has 0 saturated carbocycles. The summed E-state index contributed by atoms with van der Waals surface area (Å²) in [6.45, 7) is 2.58. The van der Waals surface area contributed by atoms with E-state index in [1.807, 2.05) is 19.1 Å². The molecule has 0 aliphatic carbocycles. The van der Waals surface area contributed by atoms with Gasteiger partial charge in [0, 0.05) is 18.2 Å². The number of aromatic nitrogens is 2. The van der Waals surface area contributed by atoms with E-state index in [1.165, 1.54) is 0 Å². The molecular formula is C14H16N2O3. The summed E-state index contributed by atoms with van der Waals surface area (Å²) in [5.74, 6) is 1.38. The van der Waals surface area contributed by atoms with Crippen LogP contribution in [-0.2, 0) is 6.54 Å². The molecule has 5 nitrogen and oxygen atoms in total. The summed E-state index contributed by atoms with van der Waals surface area (Å²) in [7, 11) is 3.19. The summed E-state index contributed by atoms with van der Waals surface area (Å²) in [6.07, 6.45) is 0.802. The van der Waals surface area contributed by atoms with Gasteiger partial charge in [-0.1, -0.05) is 0 Å². The zero-order valence-electron chi connectivity index (χ0n) is 11.2. The third-order valence-electron chi connectivity index (χ3n) is 2.92. The Morgan fingerprint density at radius 1 is 1.26 bits per heavy atom. The number of benzene rings is 1. The molecule has 0 fully saturated rings. The fourth-order valence-electron chi connectivity index (χ4n) is 1.92. The Kier molecular flexibility index (Phi) is 3.85. The van der Waals surface area contributed by atoms with Gasteiger partial charge in [0.2, 0.25) is 0 Å². The Labute approximate surface area is 111 Å². The van der Waals surface area contributed by atoms with Crippen LogP contribution in [0.15, 0.2) is 24.3 Å². The van der Waals surface area contributed by atoms with Crippen LogP contribution in [0.1, 0.15) is 17.4 Å². The molecule has 2 rings (SSSR count). The van der Waals surface area contributed by atoms with E-state index in [-0.39, 0.29) is 0 Å². The largest absolute Gasteiger partial charge is 0.497 e. The minimum absolute atomic E-state index is 0.551. The van der Waals surface area contributed by atoms with Crippen molar-refractivity contribution in [3.8, 4) is 22.8 Å². The molecule has 0 amide bonds.